The Morgan fingerprint density at radius 2 is 1.92 bits per heavy atom. The average Bonchev–Trinajstić information content (AvgIpc) is 2.02. The van der Waals surface area contributed by atoms with Crippen molar-refractivity contribution in [1.82, 2.24) is 0 Å². The number of hydrogen-bond donors (Lipinski definition) is 1. The smallest absolute Gasteiger partial charge is 0.177 e. The molecule has 1 aromatic carbocycles. The van der Waals surface area contributed by atoms with Crippen molar-refractivity contribution in [3.05, 3.63) is 40.8 Å². The zero-order valence-electron chi connectivity index (χ0n) is 6.90. The van der Waals surface area contributed by atoms with Gasteiger partial charge in [0.15, 0.2) is 9.84 Å². The third-order valence-electron chi connectivity index (χ3n) is 1.99. The fourth-order valence-electron chi connectivity index (χ4n) is 1.44. The normalized spacial score (nSPS) is 18.9. The second kappa shape index (κ2) is 2.60. The number of hydrogen-bond acceptors (Lipinski definition) is 3. The summed E-state index contributed by atoms with van der Waals surface area (Å²) in [6.45, 7) is 0. The van der Waals surface area contributed by atoms with Crippen molar-refractivity contribution in [2.24, 2.45) is 5.73 Å². The molecular formula is C9H9NO2S. The van der Waals surface area contributed by atoms with E-state index in [4.69, 9.17) is 5.73 Å². The van der Waals surface area contributed by atoms with Gasteiger partial charge in [0.2, 0.25) is 0 Å². The van der Waals surface area contributed by atoms with Crippen molar-refractivity contribution >= 4 is 15.5 Å². The van der Waals surface area contributed by atoms with E-state index in [1.807, 2.05) is 18.2 Å². The summed E-state index contributed by atoms with van der Waals surface area (Å²) in [7, 11) is -3.13. The van der Waals surface area contributed by atoms with Gasteiger partial charge in [-0.1, -0.05) is 24.3 Å². The maximum Gasteiger partial charge on any atom is 0.177 e. The molecule has 68 valence electrons. The monoisotopic (exact) mass is 195 g/mol. The number of fused-ring (bicyclic) bond motifs is 1. The van der Waals surface area contributed by atoms with Crippen LogP contribution in [0.25, 0.3) is 5.70 Å². The minimum absolute atomic E-state index is 0.0594. The SMILES string of the molecule is NC1=CS(=O)(=O)Cc2ccccc21. The molecule has 0 aliphatic carbocycles. The highest BCUT2D eigenvalue weighted by Gasteiger charge is 2.19. The lowest BCUT2D eigenvalue weighted by atomic mass is 10.1. The molecule has 0 saturated carbocycles. The van der Waals surface area contributed by atoms with Crippen LogP contribution in [0.2, 0.25) is 0 Å². The second-order valence-electron chi connectivity index (χ2n) is 3.04. The predicted molar refractivity (Wildman–Crippen MR) is 51.2 cm³/mol. The van der Waals surface area contributed by atoms with Gasteiger partial charge in [0.1, 0.15) is 0 Å². The average molecular weight is 195 g/mol. The quantitative estimate of drug-likeness (QED) is 0.668. The van der Waals surface area contributed by atoms with E-state index in [-0.39, 0.29) is 5.75 Å². The van der Waals surface area contributed by atoms with Crippen LogP contribution in [-0.4, -0.2) is 8.42 Å². The van der Waals surface area contributed by atoms with E-state index >= 15 is 0 Å². The first-order chi connectivity index (χ1) is 6.08. The Morgan fingerprint density at radius 1 is 1.23 bits per heavy atom. The molecule has 0 saturated heterocycles. The Bertz CT molecular complexity index is 474. The van der Waals surface area contributed by atoms with Crippen molar-refractivity contribution in [2.75, 3.05) is 0 Å². The molecule has 0 atom stereocenters. The van der Waals surface area contributed by atoms with Gasteiger partial charge >= 0.3 is 0 Å². The van der Waals surface area contributed by atoms with Gasteiger partial charge in [0.05, 0.1) is 16.9 Å². The molecule has 0 amide bonds. The van der Waals surface area contributed by atoms with Crippen LogP contribution in [0, 0.1) is 0 Å². The molecule has 0 spiro atoms. The Balaban J connectivity index is 2.68. The first-order valence-electron chi connectivity index (χ1n) is 3.87. The molecule has 0 fully saturated rings. The predicted octanol–water partition coefficient (Wildman–Crippen LogP) is 0.872. The zero-order valence-corrected chi connectivity index (χ0v) is 7.71. The highest BCUT2D eigenvalue weighted by atomic mass is 32.2. The largest absolute Gasteiger partial charge is 0.398 e. The summed E-state index contributed by atoms with van der Waals surface area (Å²) in [4.78, 5) is 0. The number of nitrogens with two attached hydrogens (primary N) is 1. The maximum absolute atomic E-state index is 11.3. The minimum atomic E-state index is -3.13. The Labute approximate surface area is 76.8 Å². The second-order valence-corrected chi connectivity index (χ2v) is 4.89. The summed E-state index contributed by atoms with van der Waals surface area (Å²) < 4.78 is 22.5. The van der Waals surface area contributed by atoms with Gasteiger partial charge in [0, 0.05) is 5.56 Å². The first kappa shape index (κ1) is 8.31. The van der Waals surface area contributed by atoms with E-state index in [0.29, 0.717) is 5.70 Å². The summed E-state index contributed by atoms with van der Waals surface area (Å²) in [6.07, 6.45) is 0. The lowest BCUT2D eigenvalue weighted by Gasteiger charge is -2.13. The molecule has 2 N–H and O–H groups in total. The summed E-state index contributed by atoms with van der Waals surface area (Å²) >= 11 is 0. The molecule has 1 heterocycles. The lowest BCUT2D eigenvalue weighted by molar-refractivity contribution is 0.603. The number of sulfone groups is 1. The van der Waals surface area contributed by atoms with Crippen molar-refractivity contribution in [2.45, 2.75) is 5.75 Å². The van der Waals surface area contributed by atoms with E-state index in [2.05, 4.69) is 0 Å². The Morgan fingerprint density at radius 3 is 2.69 bits per heavy atom. The molecule has 13 heavy (non-hydrogen) atoms. The molecule has 0 aromatic heterocycles. The molecule has 1 aliphatic rings. The third-order valence-corrected chi connectivity index (χ3v) is 3.32. The zero-order chi connectivity index (χ0) is 9.47. The van der Waals surface area contributed by atoms with Gasteiger partial charge in [-0.25, -0.2) is 8.42 Å². The highest BCUT2D eigenvalue weighted by molar-refractivity contribution is 7.93. The van der Waals surface area contributed by atoms with Gasteiger partial charge in [-0.2, -0.15) is 0 Å². The lowest BCUT2D eigenvalue weighted by Crippen LogP contribution is -2.13. The van der Waals surface area contributed by atoms with Crippen LogP contribution in [0.3, 0.4) is 0 Å². The van der Waals surface area contributed by atoms with Crippen LogP contribution >= 0.6 is 0 Å². The van der Waals surface area contributed by atoms with Crippen LogP contribution in [0.15, 0.2) is 29.7 Å². The molecule has 0 unspecified atom stereocenters. The summed E-state index contributed by atoms with van der Waals surface area (Å²) in [5, 5.41) is 1.13. The molecule has 1 aliphatic heterocycles. The van der Waals surface area contributed by atoms with Crippen LogP contribution in [-0.2, 0) is 15.6 Å². The van der Waals surface area contributed by atoms with Crippen molar-refractivity contribution in [3.8, 4) is 0 Å². The van der Waals surface area contributed by atoms with Gasteiger partial charge in [0.25, 0.3) is 0 Å². The molecule has 2 rings (SSSR count). The van der Waals surface area contributed by atoms with Gasteiger partial charge < -0.3 is 5.73 Å². The maximum atomic E-state index is 11.3. The van der Waals surface area contributed by atoms with Gasteiger partial charge in [-0.3, -0.25) is 0 Å². The molecular weight excluding hydrogens is 186 g/mol. The summed E-state index contributed by atoms with van der Waals surface area (Å²) in [5.74, 6) is 0.0594. The van der Waals surface area contributed by atoms with Crippen molar-refractivity contribution in [1.29, 1.82) is 0 Å². The third kappa shape index (κ3) is 1.45. The van der Waals surface area contributed by atoms with E-state index < -0.39 is 9.84 Å². The van der Waals surface area contributed by atoms with Crippen LogP contribution in [0.4, 0.5) is 0 Å². The molecule has 3 nitrogen and oxygen atoms in total. The summed E-state index contributed by atoms with van der Waals surface area (Å²) in [5.41, 5.74) is 7.55. The molecule has 0 radical (unpaired) electrons. The minimum Gasteiger partial charge on any atom is -0.398 e. The Hall–Kier alpha value is -1.29. The molecule has 1 aromatic rings. The standard InChI is InChI=1S/C9H9NO2S/c10-9-6-13(11,12)5-7-3-1-2-4-8(7)9/h1-4,6H,5,10H2. The molecule has 0 bridgehead atoms. The van der Waals surface area contributed by atoms with Crippen LogP contribution < -0.4 is 5.73 Å². The van der Waals surface area contributed by atoms with E-state index in [9.17, 15) is 8.42 Å². The number of benzene rings is 1. The van der Waals surface area contributed by atoms with Gasteiger partial charge in [-0.05, 0) is 5.56 Å². The van der Waals surface area contributed by atoms with Crippen molar-refractivity contribution < 1.29 is 8.42 Å². The highest BCUT2D eigenvalue weighted by Crippen LogP contribution is 2.24. The van der Waals surface area contributed by atoms with E-state index in [0.717, 1.165) is 16.5 Å². The van der Waals surface area contributed by atoms with Crippen LogP contribution in [0.5, 0.6) is 0 Å². The van der Waals surface area contributed by atoms with Gasteiger partial charge in [-0.15, -0.1) is 0 Å². The first-order valence-corrected chi connectivity index (χ1v) is 5.58. The van der Waals surface area contributed by atoms with Crippen LogP contribution in [0.1, 0.15) is 11.1 Å². The van der Waals surface area contributed by atoms with Crippen molar-refractivity contribution in [3.63, 3.8) is 0 Å². The topological polar surface area (TPSA) is 60.2 Å². The fraction of sp³-hybridized carbons (Fsp3) is 0.111. The molecule has 4 heteroatoms. The Kier molecular flexibility index (Phi) is 1.66. The van der Waals surface area contributed by atoms with E-state index in [1.165, 1.54) is 0 Å². The van der Waals surface area contributed by atoms with E-state index in [1.54, 1.807) is 6.07 Å². The number of rotatable bonds is 0. The summed E-state index contributed by atoms with van der Waals surface area (Å²) in [6, 6.07) is 7.27. The fourth-order valence-corrected chi connectivity index (χ4v) is 2.73.